The summed E-state index contributed by atoms with van der Waals surface area (Å²) >= 11 is 1.57. The van der Waals surface area contributed by atoms with Crippen molar-refractivity contribution in [3.63, 3.8) is 0 Å². The molecule has 1 aliphatic rings. The fraction of sp³-hybridized carbons (Fsp3) is 0.333. The zero-order valence-corrected chi connectivity index (χ0v) is 16.4. The molecule has 0 atom stereocenters. The van der Waals surface area contributed by atoms with E-state index in [0.29, 0.717) is 29.7 Å². The summed E-state index contributed by atoms with van der Waals surface area (Å²) < 4.78 is 32.8. The van der Waals surface area contributed by atoms with E-state index in [-0.39, 0.29) is 5.92 Å². The highest BCUT2D eigenvalue weighted by atomic mass is 32.2. The van der Waals surface area contributed by atoms with Crippen LogP contribution < -0.4 is 0 Å². The summed E-state index contributed by atoms with van der Waals surface area (Å²) in [6.45, 7) is 6.38. The van der Waals surface area contributed by atoms with E-state index < -0.39 is 10.0 Å². The molecule has 1 aliphatic heterocycles. The third-order valence-electron chi connectivity index (χ3n) is 4.62. The van der Waals surface area contributed by atoms with Gasteiger partial charge in [-0.3, -0.25) is 0 Å². The van der Waals surface area contributed by atoms with Gasteiger partial charge in [-0.1, -0.05) is 22.9 Å². The van der Waals surface area contributed by atoms with E-state index in [2.05, 4.69) is 10.1 Å². The van der Waals surface area contributed by atoms with Gasteiger partial charge in [-0.05, 0) is 43.3 Å². The van der Waals surface area contributed by atoms with E-state index in [9.17, 15) is 8.42 Å². The molecule has 3 aromatic rings. The number of aromatic nitrogens is 2. The van der Waals surface area contributed by atoms with Crippen LogP contribution in [0.2, 0.25) is 0 Å². The van der Waals surface area contributed by atoms with E-state index >= 15 is 0 Å². The molecule has 0 amide bonds. The van der Waals surface area contributed by atoms with Crippen molar-refractivity contribution in [3.05, 3.63) is 51.5 Å². The minimum Gasteiger partial charge on any atom is -0.339 e. The monoisotopic (exact) mass is 389 g/mol. The molecule has 26 heavy (non-hydrogen) atoms. The van der Waals surface area contributed by atoms with Crippen LogP contribution in [-0.4, -0.2) is 36.0 Å². The number of aryl methyl sites for hydroxylation is 3. The van der Waals surface area contributed by atoms with Crippen LogP contribution in [0, 0.1) is 20.8 Å². The molecule has 1 fully saturated rings. The zero-order valence-electron chi connectivity index (χ0n) is 14.8. The first-order chi connectivity index (χ1) is 12.4. The van der Waals surface area contributed by atoms with Crippen LogP contribution in [0.25, 0.3) is 11.4 Å². The SMILES string of the molecule is Cc1cc(C)c(S(=O)(=O)N2CC(c3nc(-c4ccsc4)no3)C2)c(C)c1. The van der Waals surface area contributed by atoms with Crippen molar-refractivity contribution in [2.75, 3.05) is 13.1 Å². The Morgan fingerprint density at radius 2 is 1.88 bits per heavy atom. The minimum absolute atomic E-state index is 0.0595. The van der Waals surface area contributed by atoms with Crippen LogP contribution in [0.5, 0.6) is 0 Å². The predicted molar refractivity (Wildman–Crippen MR) is 99.8 cm³/mol. The summed E-state index contributed by atoms with van der Waals surface area (Å²) in [6, 6.07) is 5.74. The molecule has 8 heteroatoms. The van der Waals surface area contributed by atoms with Crippen molar-refractivity contribution in [1.82, 2.24) is 14.4 Å². The maximum Gasteiger partial charge on any atom is 0.243 e. The van der Waals surface area contributed by atoms with Gasteiger partial charge in [-0.2, -0.15) is 20.6 Å². The Kier molecular flexibility index (Phi) is 4.21. The van der Waals surface area contributed by atoms with Gasteiger partial charge in [0.15, 0.2) is 0 Å². The van der Waals surface area contributed by atoms with E-state index in [4.69, 9.17) is 4.52 Å². The summed E-state index contributed by atoms with van der Waals surface area (Å²) in [5.74, 6) is 0.985. The van der Waals surface area contributed by atoms with Gasteiger partial charge in [0, 0.05) is 24.0 Å². The first-order valence-corrected chi connectivity index (χ1v) is 10.7. The Morgan fingerprint density at radius 3 is 2.50 bits per heavy atom. The molecule has 3 heterocycles. The highest BCUT2D eigenvalue weighted by Gasteiger charge is 2.41. The maximum absolute atomic E-state index is 13.0. The van der Waals surface area contributed by atoms with Crippen molar-refractivity contribution < 1.29 is 12.9 Å². The Hall–Kier alpha value is -2.03. The van der Waals surface area contributed by atoms with E-state index in [1.807, 2.05) is 49.7 Å². The molecule has 136 valence electrons. The molecule has 0 aliphatic carbocycles. The Morgan fingerprint density at radius 1 is 1.19 bits per heavy atom. The van der Waals surface area contributed by atoms with E-state index in [1.54, 1.807) is 11.3 Å². The summed E-state index contributed by atoms with van der Waals surface area (Å²) in [5, 5.41) is 7.90. The fourth-order valence-electron chi connectivity index (χ4n) is 3.40. The van der Waals surface area contributed by atoms with Gasteiger partial charge in [-0.25, -0.2) is 8.42 Å². The molecule has 0 N–H and O–H groups in total. The second-order valence-corrected chi connectivity index (χ2v) is 9.37. The number of thiophene rings is 1. The normalized spacial score (nSPS) is 16.0. The number of hydrogen-bond acceptors (Lipinski definition) is 6. The molecule has 0 radical (unpaired) electrons. The largest absolute Gasteiger partial charge is 0.339 e. The van der Waals surface area contributed by atoms with Crippen LogP contribution in [0.1, 0.15) is 28.5 Å². The van der Waals surface area contributed by atoms with Gasteiger partial charge in [0.1, 0.15) is 0 Å². The number of sulfonamides is 1. The van der Waals surface area contributed by atoms with Gasteiger partial charge in [0.25, 0.3) is 0 Å². The van der Waals surface area contributed by atoms with Crippen molar-refractivity contribution in [2.24, 2.45) is 0 Å². The lowest BCUT2D eigenvalue weighted by atomic mass is 10.0. The van der Waals surface area contributed by atoms with Crippen LogP contribution in [0.15, 0.2) is 38.4 Å². The van der Waals surface area contributed by atoms with Gasteiger partial charge in [0.2, 0.25) is 21.7 Å². The summed E-state index contributed by atoms with van der Waals surface area (Å²) in [4.78, 5) is 4.83. The second-order valence-electron chi connectivity index (χ2n) is 6.72. The summed E-state index contributed by atoms with van der Waals surface area (Å²) in [5.41, 5.74) is 3.54. The number of rotatable bonds is 4. The molecule has 2 aromatic heterocycles. The number of benzene rings is 1. The summed E-state index contributed by atoms with van der Waals surface area (Å²) in [7, 11) is -3.51. The molecular weight excluding hydrogens is 370 g/mol. The number of nitrogens with zero attached hydrogens (tertiary/aromatic N) is 3. The average Bonchev–Trinajstić information content (AvgIpc) is 3.14. The fourth-order valence-corrected chi connectivity index (χ4v) is 5.98. The third-order valence-corrected chi connectivity index (χ3v) is 7.44. The molecule has 1 aromatic carbocycles. The lowest BCUT2D eigenvalue weighted by molar-refractivity contribution is 0.216. The highest BCUT2D eigenvalue weighted by Crippen LogP contribution is 2.34. The van der Waals surface area contributed by atoms with Crippen LogP contribution in [0.3, 0.4) is 0 Å². The number of hydrogen-bond donors (Lipinski definition) is 0. The van der Waals surface area contributed by atoms with Crippen LogP contribution in [0.4, 0.5) is 0 Å². The molecule has 0 unspecified atom stereocenters. The van der Waals surface area contributed by atoms with Crippen molar-refractivity contribution in [2.45, 2.75) is 31.6 Å². The second kappa shape index (κ2) is 6.29. The molecular formula is C18H19N3O3S2. The van der Waals surface area contributed by atoms with E-state index in [0.717, 1.165) is 22.3 Å². The van der Waals surface area contributed by atoms with Gasteiger partial charge in [-0.15, -0.1) is 0 Å². The molecule has 6 nitrogen and oxygen atoms in total. The van der Waals surface area contributed by atoms with Crippen molar-refractivity contribution >= 4 is 21.4 Å². The van der Waals surface area contributed by atoms with Gasteiger partial charge >= 0.3 is 0 Å². The smallest absolute Gasteiger partial charge is 0.243 e. The predicted octanol–water partition coefficient (Wildman–Crippen LogP) is 3.51. The van der Waals surface area contributed by atoms with Gasteiger partial charge < -0.3 is 4.52 Å². The molecule has 0 spiro atoms. The lowest BCUT2D eigenvalue weighted by Crippen LogP contribution is -2.48. The molecule has 1 saturated heterocycles. The van der Waals surface area contributed by atoms with Crippen molar-refractivity contribution in [1.29, 1.82) is 0 Å². The van der Waals surface area contributed by atoms with E-state index in [1.165, 1.54) is 4.31 Å². The Labute approximate surface area is 156 Å². The average molecular weight is 390 g/mol. The zero-order chi connectivity index (χ0) is 18.5. The first-order valence-electron chi connectivity index (χ1n) is 8.30. The Balaban J connectivity index is 1.53. The van der Waals surface area contributed by atoms with Crippen molar-refractivity contribution in [3.8, 4) is 11.4 Å². The Bertz CT molecular complexity index is 1030. The minimum atomic E-state index is -3.51. The molecule has 4 rings (SSSR count). The van der Waals surface area contributed by atoms with Crippen LogP contribution >= 0.6 is 11.3 Å². The molecule has 0 saturated carbocycles. The third kappa shape index (κ3) is 2.87. The summed E-state index contributed by atoms with van der Waals surface area (Å²) in [6.07, 6.45) is 0. The standard InChI is InChI=1S/C18H19N3O3S2/c1-11-6-12(2)16(13(3)7-11)26(22,23)21-8-15(9-21)18-19-17(20-24-18)14-4-5-25-10-14/h4-7,10,15H,8-9H2,1-3H3. The van der Waals surface area contributed by atoms with Crippen LogP contribution in [-0.2, 0) is 10.0 Å². The first kappa shape index (κ1) is 17.4. The maximum atomic E-state index is 13.0. The topological polar surface area (TPSA) is 76.3 Å². The van der Waals surface area contributed by atoms with Gasteiger partial charge in [0.05, 0.1) is 10.8 Å². The quantitative estimate of drug-likeness (QED) is 0.682. The molecule has 0 bridgehead atoms. The highest BCUT2D eigenvalue weighted by molar-refractivity contribution is 7.89. The lowest BCUT2D eigenvalue weighted by Gasteiger charge is -2.36.